The largest absolute Gasteiger partial charge is 0.497 e. The lowest BCUT2D eigenvalue weighted by Gasteiger charge is -2.09. The Morgan fingerprint density at radius 2 is 1.71 bits per heavy atom. The van der Waals surface area contributed by atoms with Gasteiger partial charge in [0.05, 0.1) is 14.2 Å². The van der Waals surface area contributed by atoms with Crippen molar-refractivity contribution in [2.45, 2.75) is 6.42 Å². The number of nitrogens with zero attached hydrogens (tertiary/aromatic N) is 2. The number of aromatic nitrogens is 2. The van der Waals surface area contributed by atoms with Crippen molar-refractivity contribution in [2.75, 3.05) is 31.4 Å². The Morgan fingerprint density at radius 3 is 2.39 bits per heavy atom. The van der Waals surface area contributed by atoms with Crippen LogP contribution in [0.25, 0.3) is 0 Å². The Bertz CT molecular complexity index is 912. The maximum absolute atomic E-state index is 12.3. The van der Waals surface area contributed by atoms with Gasteiger partial charge in [0.1, 0.15) is 17.3 Å². The predicted octanol–water partition coefficient (Wildman–Crippen LogP) is 3.40. The number of ether oxygens (including phenoxy) is 2. The van der Waals surface area contributed by atoms with Gasteiger partial charge >= 0.3 is 0 Å². The molecule has 3 aromatic rings. The molecular weight excluding hydrogens is 356 g/mol. The number of amides is 1. The van der Waals surface area contributed by atoms with Crippen LogP contribution >= 0.6 is 0 Å². The first-order chi connectivity index (χ1) is 13.7. The molecule has 0 fully saturated rings. The van der Waals surface area contributed by atoms with E-state index >= 15 is 0 Å². The molecule has 2 aromatic carbocycles. The second-order valence-electron chi connectivity index (χ2n) is 5.98. The molecule has 0 saturated carbocycles. The number of methoxy groups -OCH3 is 2. The van der Waals surface area contributed by atoms with Crippen molar-refractivity contribution in [3.8, 4) is 11.5 Å². The number of hydrogen-bond donors (Lipinski definition) is 2. The summed E-state index contributed by atoms with van der Waals surface area (Å²) < 4.78 is 10.4. The van der Waals surface area contributed by atoms with E-state index < -0.39 is 0 Å². The first kappa shape index (κ1) is 19.2. The topological polar surface area (TPSA) is 85.4 Å². The third kappa shape index (κ3) is 4.97. The van der Waals surface area contributed by atoms with Crippen LogP contribution in [0.4, 0.5) is 11.5 Å². The van der Waals surface area contributed by atoms with E-state index in [1.54, 1.807) is 50.6 Å². The Morgan fingerprint density at radius 1 is 0.929 bits per heavy atom. The van der Waals surface area contributed by atoms with Crippen LogP contribution in [0, 0.1) is 0 Å². The molecule has 7 nitrogen and oxygen atoms in total. The second-order valence-corrected chi connectivity index (χ2v) is 5.98. The van der Waals surface area contributed by atoms with Crippen LogP contribution in [-0.4, -0.2) is 36.9 Å². The lowest BCUT2D eigenvalue weighted by molar-refractivity contribution is 0.102. The highest BCUT2D eigenvalue weighted by Crippen LogP contribution is 2.18. The van der Waals surface area contributed by atoms with E-state index in [0.717, 1.165) is 23.5 Å². The molecule has 0 aliphatic carbocycles. The van der Waals surface area contributed by atoms with Gasteiger partial charge in [-0.2, -0.15) is 0 Å². The zero-order chi connectivity index (χ0) is 19.8. The molecule has 0 radical (unpaired) electrons. The van der Waals surface area contributed by atoms with Crippen molar-refractivity contribution < 1.29 is 14.3 Å². The maximum atomic E-state index is 12.3. The minimum Gasteiger partial charge on any atom is -0.497 e. The molecule has 1 amide bonds. The third-order valence-corrected chi connectivity index (χ3v) is 4.14. The standard InChI is InChI=1S/C21H22N4O3/c1-27-17-9-7-16(8-10-17)23-21(26)18-11-12-20(25-24-18)22-14-13-15-5-3-4-6-19(15)28-2/h3-12H,13-14H2,1-2H3,(H,22,25)(H,23,26). The summed E-state index contributed by atoms with van der Waals surface area (Å²) in [6.45, 7) is 0.673. The third-order valence-electron chi connectivity index (χ3n) is 4.14. The van der Waals surface area contributed by atoms with E-state index in [0.29, 0.717) is 18.1 Å². The molecule has 0 aliphatic rings. The molecule has 1 heterocycles. The number of carbonyl (C=O) groups is 1. The van der Waals surface area contributed by atoms with E-state index in [1.807, 2.05) is 24.3 Å². The van der Waals surface area contributed by atoms with Crippen molar-refractivity contribution >= 4 is 17.4 Å². The summed E-state index contributed by atoms with van der Waals surface area (Å²) in [5.41, 5.74) is 2.01. The number of carbonyl (C=O) groups excluding carboxylic acids is 1. The fourth-order valence-corrected chi connectivity index (χ4v) is 2.65. The molecule has 0 aliphatic heterocycles. The van der Waals surface area contributed by atoms with Crippen LogP contribution < -0.4 is 20.1 Å². The Labute approximate surface area is 163 Å². The highest BCUT2D eigenvalue weighted by molar-refractivity contribution is 6.02. The highest BCUT2D eigenvalue weighted by atomic mass is 16.5. The number of anilines is 2. The summed E-state index contributed by atoms with van der Waals surface area (Å²) in [4.78, 5) is 12.3. The first-order valence-electron chi connectivity index (χ1n) is 8.84. The fraction of sp³-hybridized carbons (Fsp3) is 0.190. The van der Waals surface area contributed by atoms with E-state index in [-0.39, 0.29) is 11.6 Å². The van der Waals surface area contributed by atoms with E-state index in [1.165, 1.54) is 0 Å². The van der Waals surface area contributed by atoms with Gasteiger partial charge in [0.2, 0.25) is 0 Å². The van der Waals surface area contributed by atoms with Gasteiger partial charge in [0, 0.05) is 12.2 Å². The van der Waals surface area contributed by atoms with Crippen LogP contribution in [0.15, 0.2) is 60.7 Å². The molecule has 2 N–H and O–H groups in total. The number of benzene rings is 2. The zero-order valence-electron chi connectivity index (χ0n) is 15.8. The van der Waals surface area contributed by atoms with Gasteiger partial charge in [-0.15, -0.1) is 10.2 Å². The van der Waals surface area contributed by atoms with Gasteiger partial charge in [-0.25, -0.2) is 0 Å². The van der Waals surface area contributed by atoms with Crippen molar-refractivity contribution in [1.29, 1.82) is 0 Å². The van der Waals surface area contributed by atoms with Gasteiger partial charge in [-0.1, -0.05) is 18.2 Å². The van der Waals surface area contributed by atoms with Crippen LogP contribution in [0.1, 0.15) is 16.1 Å². The van der Waals surface area contributed by atoms with E-state index in [9.17, 15) is 4.79 Å². The lowest BCUT2D eigenvalue weighted by atomic mass is 10.1. The first-order valence-corrected chi connectivity index (χ1v) is 8.84. The van der Waals surface area contributed by atoms with Crippen molar-refractivity contribution in [3.05, 3.63) is 71.9 Å². The summed E-state index contributed by atoms with van der Waals surface area (Å²) in [6, 6.07) is 18.3. The van der Waals surface area contributed by atoms with Gasteiger partial charge in [0.15, 0.2) is 5.69 Å². The molecule has 144 valence electrons. The van der Waals surface area contributed by atoms with Gasteiger partial charge < -0.3 is 20.1 Å². The quantitative estimate of drug-likeness (QED) is 0.625. The molecule has 28 heavy (non-hydrogen) atoms. The molecule has 7 heteroatoms. The van der Waals surface area contributed by atoms with Crippen LogP contribution in [-0.2, 0) is 6.42 Å². The fourth-order valence-electron chi connectivity index (χ4n) is 2.65. The molecule has 0 unspecified atom stereocenters. The van der Waals surface area contributed by atoms with Crippen LogP contribution in [0.3, 0.4) is 0 Å². The van der Waals surface area contributed by atoms with Gasteiger partial charge in [-0.3, -0.25) is 4.79 Å². The van der Waals surface area contributed by atoms with Crippen molar-refractivity contribution in [2.24, 2.45) is 0 Å². The van der Waals surface area contributed by atoms with Crippen molar-refractivity contribution in [3.63, 3.8) is 0 Å². The predicted molar refractivity (Wildman–Crippen MR) is 108 cm³/mol. The summed E-state index contributed by atoms with van der Waals surface area (Å²) in [6.07, 6.45) is 0.783. The average molecular weight is 378 g/mol. The monoisotopic (exact) mass is 378 g/mol. The summed E-state index contributed by atoms with van der Waals surface area (Å²) >= 11 is 0. The molecular formula is C21H22N4O3. The van der Waals surface area contributed by atoms with Gasteiger partial charge in [-0.05, 0) is 54.4 Å². The number of nitrogens with one attached hydrogen (secondary N) is 2. The number of rotatable bonds is 8. The van der Waals surface area contributed by atoms with Gasteiger partial charge in [0.25, 0.3) is 5.91 Å². The van der Waals surface area contributed by atoms with Crippen LogP contribution in [0.5, 0.6) is 11.5 Å². The normalized spacial score (nSPS) is 10.2. The SMILES string of the molecule is COc1ccc(NC(=O)c2ccc(NCCc3ccccc3OC)nn2)cc1. The number of hydrogen-bond acceptors (Lipinski definition) is 6. The summed E-state index contributed by atoms with van der Waals surface area (Å²) in [5, 5.41) is 14.0. The Hall–Kier alpha value is -3.61. The molecule has 3 rings (SSSR count). The highest BCUT2D eigenvalue weighted by Gasteiger charge is 2.09. The molecule has 0 spiro atoms. The average Bonchev–Trinajstić information content (AvgIpc) is 2.75. The summed E-state index contributed by atoms with van der Waals surface area (Å²) in [7, 11) is 3.25. The smallest absolute Gasteiger partial charge is 0.276 e. The van der Waals surface area contributed by atoms with Crippen molar-refractivity contribution in [1.82, 2.24) is 10.2 Å². The summed E-state index contributed by atoms with van der Waals surface area (Å²) in [5.74, 6) is 1.87. The van der Waals surface area contributed by atoms with Crippen LogP contribution in [0.2, 0.25) is 0 Å². The minimum absolute atomic E-state index is 0.242. The number of para-hydroxylation sites is 1. The molecule has 1 aromatic heterocycles. The zero-order valence-corrected chi connectivity index (χ0v) is 15.8. The Balaban J connectivity index is 1.53. The molecule has 0 atom stereocenters. The lowest BCUT2D eigenvalue weighted by Crippen LogP contribution is -2.15. The second kappa shape index (κ2) is 9.36. The molecule has 0 saturated heterocycles. The molecule has 0 bridgehead atoms. The minimum atomic E-state index is -0.321. The van der Waals surface area contributed by atoms with E-state index in [2.05, 4.69) is 20.8 Å². The maximum Gasteiger partial charge on any atom is 0.276 e. The van der Waals surface area contributed by atoms with E-state index in [4.69, 9.17) is 9.47 Å². The Kier molecular flexibility index (Phi) is 6.41.